The lowest BCUT2D eigenvalue weighted by Crippen LogP contribution is -2.01. The first-order chi connectivity index (χ1) is 11.6. The molecule has 0 unspecified atom stereocenters. The van der Waals surface area contributed by atoms with Crippen LogP contribution in [0.3, 0.4) is 0 Å². The maximum Gasteiger partial charge on any atom is 0.0991 e. The van der Waals surface area contributed by atoms with Crippen molar-refractivity contribution in [2.45, 2.75) is 13.8 Å². The molecule has 0 fully saturated rings. The molecule has 24 heavy (non-hydrogen) atoms. The van der Waals surface area contributed by atoms with Gasteiger partial charge in [-0.15, -0.1) is 0 Å². The van der Waals surface area contributed by atoms with Crippen LogP contribution in [-0.2, 0) is 0 Å². The molecular weight excluding hydrogens is 360 g/mol. The summed E-state index contributed by atoms with van der Waals surface area (Å²) in [7, 11) is 0. The quantitative estimate of drug-likeness (QED) is 0.399. The molecule has 0 spiro atoms. The minimum atomic E-state index is 0.706. The number of fused-ring (bicyclic) bond motifs is 3. The van der Waals surface area contributed by atoms with Crippen molar-refractivity contribution in [3.05, 3.63) is 75.8 Å². The average Bonchev–Trinajstić information content (AvgIpc) is 2.88. The Labute approximate surface area is 149 Å². The van der Waals surface area contributed by atoms with Crippen LogP contribution in [-0.4, -0.2) is 4.57 Å². The number of para-hydroxylation sites is 1. The first kappa shape index (κ1) is 15.0. The molecule has 0 amide bonds. The van der Waals surface area contributed by atoms with Crippen LogP contribution in [0.1, 0.15) is 16.7 Å². The first-order valence-electron chi connectivity index (χ1n) is 7.80. The van der Waals surface area contributed by atoms with E-state index in [2.05, 4.69) is 82.9 Å². The topological polar surface area (TPSA) is 28.7 Å². The van der Waals surface area contributed by atoms with Gasteiger partial charge >= 0.3 is 0 Å². The molecule has 0 N–H and O–H groups in total. The summed E-state index contributed by atoms with van der Waals surface area (Å²) in [5.74, 6) is 0. The summed E-state index contributed by atoms with van der Waals surface area (Å²) in [6, 6.07) is 21.0. The van der Waals surface area contributed by atoms with Gasteiger partial charge in [-0.25, -0.2) is 0 Å². The highest BCUT2D eigenvalue weighted by Gasteiger charge is 2.15. The fraction of sp³-hybridized carbons (Fsp3) is 0.0952. The van der Waals surface area contributed by atoms with Gasteiger partial charge in [-0.2, -0.15) is 5.26 Å². The fourth-order valence-corrected chi connectivity index (χ4v) is 3.92. The lowest BCUT2D eigenvalue weighted by Gasteiger charge is -2.15. The van der Waals surface area contributed by atoms with Gasteiger partial charge in [-0.3, -0.25) is 0 Å². The maximum atomic E-state index is 9.22. The fourth-order valence-electron chi connectivity index (χ4n) is 3.56. The highest BCUT2D eigenvalue weighted by Crippen LogP contribution is 2.35. The summed E-state index contributed by atoms with van der Waals surface area (Å²) in [4.78, 5) is 0. The Morgan fingerprint density at radius 1 is 0.875 bits per heavy atom. The second kappa shape index (κ2) is 5.51. The van der Waals surface area contributed by atoms with Crippen LogP contribution in [0, 0.1) is 25.2 Å². The molecule has 3 heteroatoms. The van der Waals surface area contributed by atoms with Gasteiger partial charge < -0.3 is 4.57 Å². The molecule has 2 nitrogen and oxygen atoms in total. The summed E-state index contributed by atoms with van der Waals surface area (Å²) in [5.41, 5.74) is 6.44. The van der Waals surface area contributed by atoms with Crippen molar-refractivity contribution in [1.82, 2.24) is 4.57 Å². The van der Waals surface area contributed by atoms with Crippen molar-refractivity contribution in [2.75, 3.05) is 0 Å². The molecule has 4 aromatic rings. The van der Waals surface area contributed by atoms with Crippen LogP contribution >= 0.6 is 15.9 Å². The molecule has 1 aromatic heterocycles. The predicted octanol–water partition coefficient (Wildman–Crippen LogP) is 6.03. The number of hydrogen-bond acceptors (Lipinski definition) is 1. The van der Waals surface area contributed by atoms with Crippen molar-refractivity contribution < 1.29 is 0 Å². The number of aromatic nitrogens is 1. The van der Waals surface area contributed by atoms with E-state index in [1.54, 1.807) is 0 Å². The molecule has 1 heterocycles. The largest absolute Gasteiger partial charge is 0.309 e. The number of benzene rings is 3. The average molecular weight is 375 g/mol. The van der Waals surface area contributed by atoms with Crippen LogP contribution in [0.15, 0.2) is 59.1 Å². The number of hydrogen-bond donors (Lipinski definition) is 0. The van der Waals surface area contributed by atoms with Crippen LogP contribution in [0.5, 0.6) is 0 Å². The Morgan fingerprint density at radius 3 is 2.25 bits per heavy atom. The van der Waals surface area contributed by atoms with E-state index in [1.807, 2.05) is 12.1 Å². The molecule has 116 valence electrons. The van der Waals surface area contributed by atoms with Crippen molar-refractivity contribution in [3.8, 4) is 11.8 Å². The van der Waals surface area contributed by atoms with Gasteiger partial charge in [0.2, 0.25) is 0 Å². The van der Waals surface area contributed by atoms with E-state index in [1.165, 1.54) is 21.8 Å². The smallest absolute Gasteiger partial charge is 0.0991 e. The van der Waals surface area contributed by atoms with Gasteiger partial charge in [0.05, 0.1) is 28.4 Å². The zero-order chi connectivity index (χ0) is 16.8. The molecule has 0 atom stereocenters. The summed E-state index contributed by atoms with van der Waals surface area (Å²) in [6.45, 7) is 4.14. The zero-order valence-corrected chi connectivity index (χ0v) is 15.1. The molecule has 0 saturated heterocycles. The van der Waals surface area contributed by atoms with Crippen molar-refractivity contribution >= 4 is 37.7 Å². The predicted molar refractivity (Wildman–Crippen MR) is 103 cm³/mol. The monoisotopic (exact) mass is 374 g/mol. The lowest BCUT2D eigenvalue weighted by atomic mass is 10.0. The molecule has 0 saturated carbocycles. The second-order valence-corrected chi connectivity index (χ2v) is 7.00. The molecule has 0 radical (unpaired) electrons. The number of halogens is 1. The number of nitriles is 1. The van der Waals surface area contributed by atoms with Crippen LogP contribution in [0.25, 0.3) is 27.5 Å². The number of aryl methyl sites for hydroxylation is 2. The normalized spacial score (nSPS) is 11.1. The molecule has 0 aliphatic carbocycles. The summed E-state index contributed by atoms with van der Waals surface area (Å²) < 4.78 is 3.38. The van der Waals surface area contributed by atoms with Crippen LogP contribution in [0.4, 0.5) is 0 Å². The Bertz CT molecular complexity index is 1120. The maximum absolute atomic E-state index is 9.22. The summed E-state index contributed by atoms with van der Waals surface area (Å²) >= 11 is 3.59. The summed E-state index contributed by atoms with van der Waals surface area (Å²) in [6.07, 6.45) is 0. The van der Waals surface area contributed by atoms with E-state index in [0.29, 0.717) is 5.56 Å². The van der Waals surface area contributed by atoms with Crippen LogP contribution < -0.4 is 0 Å². The summed E-state index contributed by atoms with van der Waals surface area (Å²) in [5, 5.41) is 11.7. The van der Waals surface area contributed by atoms with Crippen molar-refractivity contribution in [1.29, 1.82) is 5.26 Å². The SMILES string of the molecule is Cc1cc(C#N)cc(C)c1-n1c2ccccc2c2cc(Br)ccc21. The van der Waals surface area contributed by atoms with Gasteiger partial charge in [0.25, 0.3) is 0 Å². The van der Waals surface area contributed by atoms with Crippen molar-refractivity contribution in [3.63, 3.8) is 0 Å². The third-order valence-corrected chi connectivity index (χ3v) is 4.97. The van der Waals surface area contributed by atoms with E-state index in [0.717, 1.165) is 21.3 Å². The van der Waals surface area contributed by atoms with Gasteiger partial charge in [0.1, 0.15) is 0 Å². The molecule has 0 bridgehead atoms. The molecule has 0 aliphatic rings. The number of rotatable bonds is 1. The Kier molecular flexibility index (Phi) is 3.44. The molecular formula is C21H15BrN2. The highest BCUT2D eigenvalue weighted by molar-refractivity contribution is 9.10. The Hall–Kier alpha value is -2.57. The van der Waals surface area contributed by atoms with Gasteiger partial charge in [-0.1, -0.05) is 34.1 Å². The van der Waals surface area contributed by atoms with E-state index < -0.39 is 0 Å². The zero-order valence-electron chi connectivity index (χ0n) is 13.5. The Balaban J connectivity index is 2.20. The van der Waals surface area contributed by atoms with Gasteiger partial charge in [-0.05, 0) is 61.4 Å². The third kappa shape index (κ3) is 2.15. The standard InChI is InChI=1S/C21H15BrN2/c1-13-9-15(12-23)10-14(2)21(13)24-19-6-4-3-5-17(19)18-11-16(22)7-8-20(18)24/h3-11H,1-2H3. The Morgan fingerprint density at radius 2 is 1.54 bits per heavy atom. The van der Waals surface area contributed by atoms with E-state index >= 15 is 0 Å². The minimum Gasteiger partial charge on any atom is -0.309 e. The van der Waals surface area contributed by atoms with Gasteiger partial charge in [0.15, 0.2) is 0 Å². The second-order valence-electron chi connectivity index (χ2n) is 6.08. The molecule has 0 aliphatic heterocycles. The van der Waals surface area contributed by atoms with Gasteiger partial charge in [0, 0.05) is 15.2 Å². The van der Waals surface area contributed by atoms with E-state index in [4.69, 9.17) is 0 Å². The minimum absolute atomic E-state index is 0.706. The van der Waals surface area contributed by atoms with Crippen LogP contribution in [0.2, 0.25) is 0 Å². The third-order valence-electron chi connectivity index (χ3n) is 4.48. The van der Waals surface area contributed by atoms with E-state index in [9.17, 15) is 5.26 Å². The molecule has 4 rings (SSSR count). The lowest BCUT2D eigenvalue weighted by molar-refractivity contribution is 1.12. The molecule has 3 aromatic carbocycles. The van der Waals surface area contributed by atoms with Crippen molar-refractivity contribution in [2.24, 2.45) is 0 Å². The highest BCUT2D eigenvalue weighted by atomic mass is 79.9. The number of nitrogens with zero attached hydrogens (tertiary/aromatic N) is 2. The first-order valence-corrected chi connectivity index (χ1v) is 8.60. The van der Waals surface area contributed by atoms with E-state index in [-0.39, 0.29) is 0 Å².